The number of rotatable bonds is 6. The summed E-state index contributed by atoms with van der Waals surface area (Å²) in [6.45, 7) is 1.41. The van der Waals surface area contributed by atoms with Crippen LogP contribution in [-0.4, -0.2) is 44.5 Å². The maximum atomic E-state index is 12.7. The predicted molar refractivity (Wildman–Crippen MR) is 95.4 cm³/mol. The molecule has 2 aromatic rings. The SMILES string of the molecule is CC=NC(C(=O)ON)(c1cc(C(=O)O)ccc1O)c1cc(C(=O)O)ccc1O. The van der Waals surface area contributed by atoms with Gasteiger partial charge in [0.1, 0.15) is 11.5 Å². The Bertz CT molecular complexity index is 920. The zero-order valence-corrected chi connectivity index (χ0v) is 14.5. The molecule has 0 radical (unpaired) electrons. The van der Waals surface area contributed by atoms with Crippen molar-refractivity contribution in [3.05, 3.63) is 58.7 Å². The molecule has 0 aromatic heterocycles. The fourth-order valence-corrected chi connectivity index (χ4v) is 2.75. The van der Waals surface area contributed by atoms with Crippen molar-refractivity contribution in [2.75, 3.05) is 0 Å². The van der Waals surface area contributed by atoms with E-state index in [9.17, 15) is 34.8 Å². The summed E-state index contributed by atoms with van der Waals surface area (Å²) in [6.07, 6.45) is 1.14. The molecule has 0 aliphatic rings. The molecular weight excluding hydrogens is 372 g/mol. The zero-order valence-electron chi connectivity index (χ0n) is 14.5. The minimum Gasteiger partial charge on any atom is -0.508 e. The van der Waals surface area contributed by atoms with Crippen LogP contribution < -0.4 is 5.90 Å². The van der Waals surface area contributed by atoms with Crippen LogP contribution in [0, 0.1) is 0 Å². The highest BCUT2D eigenvalue weighted by Gasteiger charge is 2.47. The third-order valence-electron chi connectivity index (χ3n) is 3.99. The Morgan fingerprint density at radius 1 is 0.964 bits per heavy atom. The van der Waals surface area contributed by atoms with Gasteiger partial charge in [0, 0.05) is 11.1 Å². The molecule has 2 aromatic carbocycles. The summed E-state index contributed by atoms with van der Waals surface area (Å²) in [6, 6.07) is 6.11. The minimum absolute atomic E-state index is 0.304. The first-order chi connectivity index (χ1) is 13.2. The van der Waals surface area contributed by atoms with E-state index < -0.39 is 34.9 Å². The van der Waals surface area contributed by atoms with Crippen molar-refractivity contribution in [3.63, 3.8) is 0 Å². The largest absolute Gasteiger partial charge is 0.508 e. The first-order valence-electron chi connectivity index (χ1n) is 7.73. The second-order valence-electron chi connectivity index (χ2n) is 5.58. The van der Waals surface area contributed by atoms with Gasteiger partial charge in [-0.15, -0.1) is 0 Å². The molecule has 146 valence electrons. The van der Waals surface area contributed by atoms with Gasteiger partial charge in [0.2, 0.25) is 5.54 Å². The standard InChI is InChI=1S/C18H16N2O8/c1-2-20-18(17(27)28-19,11-7-9(15(23)24)3-5-13(11)21)12-8-10(16(25)26)4-6-14(12)22/h2-8,21-22H,19H2,1H3,(H,23,24)(H,25,26). The molecule has 6 N–H and O–H groups in total. The number of phenols is 2. The predicted octanol–water partition coefficient (Wildman–Crippen LogP) is 1.25. The molecule has 0 amide bonds. The van der Waals surface area contributed by atoms with Crippen LogP contribution in [-0.2, 0) is 15.2 Å². The molecule has 2 rings (SSSR count). The lowest BCUT2D eigenvalue weighted by molar-refractivity contribution is -0.149. The van der Waals surface area contributed by atoms with E-state index in [2.05, 4.69) is 9.83 Å². The highest BCUT2D eigenvalue weighted by atomic mass is 16.7. The van der Waals surface area contributed by atoms with E-state index >= 15 is 0 Å². The number of nitrogens with zero attached hydrogens (tertiary/aromatic N) is 1. The quantitative estimate of drug-likeness (QED) is 0.359. The number of aliphatic imine (C=N–C) groups is 1. The number of hydrogen-bond acceptors (Lipinski definition) is 8. The van der Waals surface area contributed by atoms with Gasteiger partial charge in [-0.2, -0.15) is 5.90 Å². The molecule has 28 heavy (non-hydrogen) atoms. The summed E-state index contributed by atoms with van der Waals surface area (Å²) in [7, 11) is 0. The van der Waals surface area contributed by atoms with Gasteiger partial charge in [-0.05, 0) is 49.5 Å². The Kier molecular flexibility index (Phi) is 5.65. The van der Waals surface area contributed by atoms with E-state index in [4.69, 9.17) is 5.90 Å². The van der Waals surface area contributed by atoms with Crippen LogP contribution in [0.1, 0.15) is 38.8 Å². The molecule has 0 heterocycles. The van der Waals surface area contributed by atoms with Gasteiger partial charge < -0.3 is 25.3 Å². The lowest BCUT2D eigenvalue weighted by Crippen LogP contribution is -2.39. The molecule has 0 fully saturated rings. The number of phenolic OH excluding ortho intramolecular Hbond substituents is 2. The number of carbonyl (C=O) groups is 3. The maximum Gasteiger partial charge on any atom is 0.362 e. The number of nitrogens with two attached hydrogens (primary N) is 1. The van der Waals surface area contributed by atoms with Crippen molar-refractivity contribution in [1.29, 1.82) is 0 Å². The number of carboxylic acids is 2. The highest BCUT2D eigenvalue weighted by Crippen LogP contribution is 2.44. The fourth-order valence-electron chi connectivity index (χ4n) is 2.75. The van der Waals surface area contributed by atoms with Crippen LogP contribution in [0.2, 0.25) is 0 Å². The number of aromatic hydroxyl groups is 2. The second kappa shape index (κ2) is 7.76. The fraction of sp³-hybridized carbons (Fsp3) is 0.111. The van der Waals surface area contributed by atoms with Crippen LogP contribution in [0.5, 0.6) is 11.5 Å². The minimum atomic E-state index is -2.37. The third-order valence-corrected chi connectivity index (χ3v) is 3.99. The van der Waals surface area contributed by atoms with E-state index in [1.165, 1.54) is 6.92 Å². The van der Waals surface area contributed by atoms with Crippen molar-refractivity contribution in [1.82, 2.24) is 0 Å². The Morgan fingerprint density at radius 2 is 1.39 bits per heavy atom. The van der Waals surface area contributed by atoms with Crippen LogP contribution in [0.4, 0.5) is 0 Å². The molecule has 10 nitrogen and oxygen atoms in total. The topological polar surface area (TPSA) is 180 Å². The molecule has 0 saturated carbocycles. The summed E-state index contributed by atoms with van der Waals surface area (Å²) < 4.78 is 0. The van der Waals surface area contributed by atoms with Crippen molar-refractivity contribution in [2.24, 2.45) is 10.9 Å². The normalized spacial score (nSPS) is 11.4. The summed E-state index contributed by atoms with van der Waals surface area (Å²) >= 11 is 0. The van der Waals surface area contributed by atoms with Crippen LogP contribution >= 0.6 is 0 Å². The van der Waals surface area contributed by atoms with Gasteiger partial charge in [0.15, 0.2) is 0 Å². The van der Waals surface area contributed by atoms with Gasteiger partial charge in [0.25, 0.3) is 0 Å². The number of carboxylic acid groups (broad SMARTS) is 2. The Balaban J connectivity index is 3.01. The molecule has 0 aliphatic heterocycles. The van der Waals surface area contributed by atoms with E-state index in [1.54, 1.807) is 0 Å². The number of carbonyl (C=O) groups excluding carboxylic acids is 1. The Hall–Kier alpha value is -3.92. The summed E-state index contributed by atoms with van der Waals surface area (Å²) in [5.41, 5.74) is -3.73. The monoisotopic (exact) mass is 388 g/mol. The van der Waals surface area contributed by atoms with Gasteiger partial charge >= 0.3 is 17.9 Å². The van der Waals surface area contributed by atoms with Crippen LogP contribution in [0.3, 0.4) is 0 Å². The number of benzene rings is 2. The number of aromatic carboxylic acids is 2. The maximum absolute atomic E-state index is 12.7. The van der Waals surface area contributed by atoms with Gasteiger partial charge in [-0.25, -0.2) is 14.4 Å². The lowest BCUT2D eigenvalue weighted by Gasteiger charge is -2.29. The van der Waals surface area contributed by atoms with E-state index in [1.807, 2.05) is 0 Å². The summed E-state index contributed by atoms with van der Waals surface area (Å²) in [5, 5.41) is 39.2. The van der Waals surface area contributed by atoms with Crippen molar-refractivity contribution in [2.45, 2.75) is 12.5 Å². The average molecular weight is 388 g/mol. The zero-order chi connectivity index (χ0) is 21.1. The summed E-state index contributed by atoms with van der Waals surface area (Å²) in [4.78, 5) is 43.7. The van der Waals surface area contributed by atoms with Gasteiger partial charge in [-0.1, -0.05) is 0 Å². The Morgan fingerprint density at radius 3 is 1.71 bits per heavy atom. The second-order valence-corrected chi connectivity index (χ2v) is 5.58. The first kappa shape index (κ1) is 20.4. The first-order valence-corrected chi connectivity index (χ1v) is 7.73. The van der Waals surface area contributed by atoms with E-state index in [0.717, 1.165) is 42.6 Å². The van der Waals surface area contributed by atoms with Gasteiger partial charge in [-0.3, -0.25) is 4.99 Å². The van der Waals surface area contributed by atoms with E-state index in [0.29, 0.717) is 0 Å². The molecular formula is C18H16N2O8. The molecule has 10 heteroatoms. The number of hydrogen-bond donors (Lipinski definition) is 5. The average Bonchev–Trinajstić information content (AvgIpc) is 2.66. The molecule has 0 saturated heterocycles. The lowest BCUT2D eigenvalue weighted by atomic mass is 9.80. The molecule has 0 spiro atoms. The smallest absolute Gasteiger partial charge is 0.362 e. The molecule has 0 unspecified atom stereocenters. The third kappa shape index (κ3) is 3.35. The highest BCUT2D eigenvalue weighted by molar-refractivity contribution is 5.95. The molecule has 0 atom stereocenters. The Labute approximate surface area is 158 Å². The van der Waals surface area contributed by atoms with Crippen molar-refractivity contribution in [3.8, 4) is 11.5 Å². The summed E-state index contributed by atoms with van der Waals surface area (Å²) in [5.74, 6) is -0.0816. The molecule has 0 bridgehead atoms. The van der Waals surface area contributed by atoms with Crippen molar-refractivity contribution < 1.29 is 39.6 Å². The van der Waals surface area contributed by atoms with Gasteiger partial charge in [0.05, 0.1) is 11.1 Å². The van der Waals surface area contributed by atoms with E-state index in [-0.39, 0.29) is 22.3 Å². The van der Waals surface area contributed by atoms with Crippen LogP contribution in [0.25, 0.3) is 0 Å². The molecule has 0 aliphatic carbocycles. The van der Waals surface area contributed by atoms with Crippen LogP contribution in [0.15, 0.2) is 41.4 Å². The van der Waals surface area contributed by atoms with Crippen molar-refractivity contribution >= 4 is 24.1 Å².